The molecule has 166 valence electrons. The molecule has 3 nitrogen and oxygen atoms in total. The van der Waals surface area contributed by atoms with Crippen molar-refractivity contribution < 1.29 is 13.9 Å². The highest BCUT2D eigenvalue weighted by Gasteiger charge is 2.41. The summed E-state index contributed by atoms with van der Waals surface area (Å²) in [6, 6.07) is 0. The third-order valence-corrected chi connectivity index (χ3v) is 14.0. The van der Waals surface area contributed by atoms with Crippen LogP contribution in [-0.2, 0) is 13.9 Å². The van der Waals surface area contributed by atoms with Crippen LogP contribution in [0.15, 0.2) is 0 Å². The second-order valence-electron chi connectivity index (χ2n) is 10.4. The Balaban J connectivity index is 1.79. The standard InChI is InChI=1S/C22H44O3S2Si/c1-17-18(12-9-10-13-23-28(7,8)21(2,3)4)24-22(5,6)25-19(17)16-20-26-14-11-15-27-20/h17-20H,9-16H2,1-8H3/t17-,18+,19-/m0/s1. The van der Waals surface area contributed by atoms with Crippen molar-refractivity contribution >= 4 is 31.8 Å². The zero-order valence-electron chi connectivity index (χ0n) is 19.5. The van der Waals surface area contributed by atoms with E-state index in [4.69, 9.17) is 13.9 Å². The first-order valence-electron chi connectivity index (χ1n) is 11.1. The first-order valence-corrected chi connectivity index (χ1v) is 16.1. The SMILES string of the molecule is C[C@@H]1[C@H](CC2SCCCS2)OC(C)(C)O[C@@H]1CCCCO[Si](C)(C)C(C)(C)C. The molecule has 0 N–H and O–H groups in total. The van der Waals surface area contributed by atoms with E-state index >= 15 is 0 Å². The summed E-state index contributed by atoms with van der Waals surface area (Å²) in [7, 11) is -1.62. The molecule has 2 heterocycles. The van der Waals surface area contributed by atoms with Gasteiger partial charge in [-0.3, -0.25) is 0 Å². The number of unbranched alkanes of at least 4 members (excludes halogenated alkanes) is 1. The molecule has 0 aliphatic carbocycles. The number of hydrogen-bond acceptors (Lipinski definition) is 5. The summed E-state index contributed by atoms with van der Waals surface area (Å²) in [6.07, 6.45) is 6.49. The van der Waals surface area contributed by atoms with Crippen LogP contribution >= 0.6 is 23.5 Å². The first kappa shape index (κ1) is 25.1. The molecule has 28 heavy (non-hydrogen) atoms. The summed E-state index contributed by atoms with van der Waals surface area (Å²) < 4.78 is 19.7. The second kappa shape index (κ2) is 10.4. The first-order chi connectivity index (χ1) is 12.9. The predicted molar refractivity (Wildman–Crippen MR) is 128 cm³/mol. The van der Waals surface area contributed by atoms with Crippen molar-refractivity contribution in [3.63, 3.8) is 0 Å². The van der Waals surface area contributed by atoms with Gasteiger partial charge in [0, 0.05) is 12.5 Å². The third kappa shape index (κ3) is 7.49. The maximum atomic E-state index is 6.36. The highest BCUT2D eigenvalue weighted by Crippen LogP contribution is 2.41. The molecule has 0 radical (unpaired) electrons. The van der Waals surface area contributed by atoms with Crippen molar-refractivity contribution in [2.75, 3.05) is 18.1 Å². The zero-order chi connectivity index (χ0) is 21.0. The van der Waals surface area contributed by atoms with Crippen molar-refractivity contribution in [2.45, 2.75) is 114 Å². The maximum Gasteiger partial charge on any atom is 0.191 e. The van der Waals surface area contributed by atoms with Crippen molar-refractivity contribution in [1.29, 1.82) is 0 Å². The Morgan fingerprint density at radius 1 is 1.04 bits per heavy atom. The average molecular weight is 449 g/mol. The number of rotatable bonds is 8. The van der Waals surface area contributed by atoms with Gasteiger partial charge in [-0.05, 0) is 75.6 Å². The molecule has 6 heteroatoms. The van der Waals surface area contributed by atoms with Crippen molar-refractivity contribution in [3.8, 4) is 0 Å². The van der Waals surface area contributed by atoms with E-state index in [1.807, 2.05) is 0 Å². The summed E-state index contributed by atoms with van der Waals surface area (Å²) in [5.41, 5.74) is 0. The van der Waals surface area contributed by atoms with E-state index < -0.39 is 14.1 Å². The molecule has 2 aliphatic rings. The van der Waals surface area contributed by atoms with Gasteiger partial charge in [0.15, 0.2) is 14.1 Å². The maximum absolute atomic E-state index is 6.36. The fourth-order valence-electron chi connectivity index (χ4n) is 3.65. The topological polar surface area (TPSA) is 27.7 Å². The summed E-state index contributed by atoms with van der Waals surface area (Å²) in [4.78, 5) is 0. The lowest BCUT2D eigenvalue weighted by molar-refractivity contribution is -0.320. The molecule has 3 atom stereocenters. The molecule has 0 bridgehead atoms. The Hall–Kier alpha value is 0.797. The lowest BCUT2D eigenvalue weighted by Gasteiger charge is -2.46. The van der Waals surface area contributed by atoms with Gasteiger partial charge in [0.05, 0.1) is 16.8 Å². The molecule has 0 spiro atoms. The largest absolute Gasteiger partial charge is 0.417 e. The number of ether oxygens (including phenoxy) is 2. The molecular weight excluding hydrogens is 404 g/mol. The Morgan fingerprint density at radius 3 is 2.25 bits per heavy atom. The minimum Gasteiger partial charge on any atom is -0.417 e. The van der Waals surface area contributed by atoms with Gasteiger partial charge in [0.1, 0.15) is 0 Å². The average Bonchev–Trinajstić information content (AvgIpc) is 2.58. The van der Waals surface area contributed by atoms with Crippen LogP contribution in [0.5, 0.6) is 0 Å². The van der Waals surface area contributed by atoms with Crippen LogP contribution in [0, 0.1) is 5.92 Å². The van der Waals surface area contributed by atoms with E-state index in [9.17, 15) is 0 Å². The Kier molecular flexibility index (Phi) is 9.31. The molecule has 0 amide bonds. The van der Waals surface area contributed by atoms with E-state index in [1.54, 1.807) is 0 Å². The molecule has 0 aromatic heterocycles. The van der Waals surface area contributed by atoms with Crippen LogP contribution in [0.1, 0.15) is 73.6 Å². The minimum absolute atomic E-state index is 0.289. The lowest BCUT2D eigenvalue weighted by atomic mass is 9.90. The van der Waals surface area contributed by atoms with Crippen LogP contribution in [-0.4, -0.2) is 49.0 Å². The van der Waals surface area contributed by atoms with Crippen molar-refractivity contribution in [3.05, 3.63) is 0 Å². The van der Waals surface area contributed by atoms with E-state index in [-0.39, 0.29) is 5.04 Å². The summed E-state index contributed by atoms with van der Waals surface area (Å²) in [5.74, 6) is 2.59. The van der Waals surface area contributed by atoms with Crippen LogP contribution in [0.4, 0.5) is 0 Å². The van der Waals surface area contributed by atoms with E-state index in [0.717, 1.165) is 25.9 Å². The molecule has 2 rings (SSSR count). The number of thioether (sulfide) groups is 2. The molecule has 0 unspecified atom stereocenters. The Morgan fingerprint density at radius 2 is 1.64 bits per heavy atom. The van der Waals surface area contributed by atoms with Crippen LogP contribution in [0.2, 0.25) is 18.1 Å². The van der Waals surface area contributed by atoms with Gasteiger partial charge < -0.3 is 13.9 Å². The Bertz CT molecular complexity index is 473. The zero-order valence-corrected chi connectivity index (χ0v) is 22.1. The van der Waals surface area contributed by atoms with E-state index in [2.05, 4.69) is 78.2 Å². The summed E-state index contributed by atoms with van der Waals surface area (Å²) >= 11 is 4.24. The minimum atomic E-state index is -1.62. The summed E-state index contributed by atoms with van der Waals surface area (Å²) in [6.45, 7) is 19.0. The lowest BCUT2D eigenvalue weighted by Crippen LogP contribution is -2.50. The monoisotopic (exact) mass is 448 g/mol. The van der Waals surface area contributed by atoms with E-state index in [1.165, 1.54) is 24.3 Å². The third-order valence-electron chi connectivity index (χ3n) is 6.52. The van der Waals surface area contributed by atoms with Crippen molar-refractivity contribution in [2.24, 2.45) is 5.92 Å². The quantitative estimate of drug-likeness (QED) is 0.297. The van der Waals surface area contributed by atoms with Crippen molar-refractivity contribution in [1.82, 2.24) is 0 Å². The van der Waals surface area contributed by atoms with Crippen LogP contribution < -0.4 is 0 Å². The van der Waals surface area contributed by atoms with Gasteiger partial charge in [-0.15, -0.1) is 23.5 Å². The molecule has 2 saturated heterocycles. The predicted octanol–water partition coefficient (Wildman–Crippen LogP) is 6.92. The van der Waals surface area contributed by atoms with Crippen LogP contribution in [0.3, 0.4) is 0 Å². The van der Waals surface area contributed by atoms with Crippen LogP contribution in [0.25, 0.3) is 0 Å². The molecule has 0 aromatic rings. The summed E-state index contributed by atoms with van der Waals surface area (Å²) in [5, 5.41) is 0.289. The molecule has 0 saturated carbocycles. The molecule has 2 fully saturated rings. The fourth-order valence-corrected chi connectivity index (χ4v) is 7.68. The number of hydrogen-bond donors (Lipinski definition) is 0. The fraction of sp³-hybridized carbons (Fsp3) is 1.00. The highest BCUT2D eigenvalue weighted by atomic mass is 32.2. The van der Waals surface area contributed by atoms with E-state index in [0.29, 0.717) is 22.7 Å². The molecule has 2 aliphatic heterocycles. The molecular formula is C22H44O3S2Si. The second-order valence-corrected chi connectivity index (χ2v) is 18.2. The Labute approximate surface area is 183 Å². The molecule has 0 aromatic carbocycles. The normalized spacial score (nSPS) is 29.8. The van der Waals surface area contributed by atoms with Gasteiger partial charge in [-0.2, -0.15) is 0 Å². The van der Waals surface area contributed by atoms with Gasteiger partial charge in [-0.1, -0.05) is 27.7 Å². The highest BCUT2D eigenvalue weighted by molar-refractivity contribution is 8.17. The van der Waals surface area contributed by atoms with Gasteiger partial charge >= 0.3 is 0 Å². The van der Waals surface area contributed by atoms with Gasteiger partial charge in [-0.25, -0.2) is 0 Å². The van der Waals surface area contributed by atoms with Gasteiger partial charge in [0.2, 0.25) is 0 Å². The van der Waals surface area contributed by atoms with Gasteiger partial charge in [0.25, 0.3) is 0 Å². The smallest absolute Gasteiger partial charge is 0.191 e.